The Morgan fingerprint density at radius 1 is 1.24 bits per heavy atom. The summed E-state index contributed by atoms with van der Waals surface area (Å²) in [6.07, 6.45) is 3.50. The highest BCUT2D eigenvalue weighted by molar-refractivity contribution is 5.98. The lowest BCUT2D eigenvalue weighted by molar-refractivity contribution is 0.0949. The molecule has 0 unspecified atom stereocenters. The summed E-state index contributed by atoms with van der Waals surface area (Å²) in [5.74, 6) is 0.322. The largest absolute Gasteiger partial charge is 0.443 e. The minimum absolute atomic E-state index is 0.0992. The van der Waals surface area contributed by atoms with Gasteiger partial charge in [0.15, 0.2) is 0 Å². The van der Waals surface area contributed by atoms with Gasteiger partial charge in [0.25, 0.3) is 5.91 Å². The van der Waals surface area contributed by atoms with Gasteiger partial charge in [-0.25, -0.2) is 0 Å². The van der Waals surface area contributed by atoms with E-state index in [-0.39, 0.29) is 30.2 Å². The van der Waals surface area contributed by atoms with Crippen molar-refractivity contribution in [2.75, 3.05) is 0 Å². The van der Waals surface area contributed by atoms with Crippen LogP contribution in [0, 0.1) is 18.3 Å². The molecule has 1 amide bonds. The second-order valence-corrected chi connectivity index (χ2v) is 5.53. The lowest BCUT2D eigenvalue weighted by Gasteiger charge is -2.08. The lowest BCUT2D eigenvalue weighted by Crippen LogP contribution is -2.24. The Labute approximate surface area is 144 Å². The number of carbonyl (C=O) groups is 1. The molecule has 0 atom stereocenters. The molecule has 3 aromatic rings. The number of rotatable bonds is 5. The minimum atomic E-state index is -0.385. The van der Waals surface area contributed by atoms with E-state index in [9.17, 15) is 15.2 Å². The Morgan fingerprint density at radius 3 is 2.56 bits per heavy atom. The van der Waals surface area contributed by atoms with Crippen LogP contribution < -0.4 is 5.32 Å². The number of nitrogens with one attached hydrogen (secondary N) is 1. The van der Waals surface area contributed by atoms with Gasteiger partial charge >= 0.3 is 0 Å². The number of aliphatic hydroxyl groups excluding tert-OH is 1. The van der Waals surface area contributed by atoms with Crippen LogP contribution in [-0.2, 0) is 13.2 Å². The summed E-state index contributed by atoms with van der Waals surface area (Å²) in [6, 6.07) is 13.0. The maximum absolute atomic E-state index is 12.6. The van der Waals surface area contributed by atoms with Crippen LogP contribution >= 0.6 is 0 Å². The monoisotopic (exact) mass is 335 g/mol. The number of benzene rings is 1. The first kappa shape index (κ1) is 16.6. The summed E-state index contributed by atoms with van der Waals surface area (Å²) in [4.78, 5) is 12.6. The molecule has 2 heterocycles. The molecular weight excluding hydrogens is 318 g/mol. The molecule has 0 aliphatic carbocycles. The molecule has 2 aromatic heterocycles. The molecule has 0 bridgehead atoms. The quantitative estimate of drug-likeness (QED) is 0.750. The number of carbonyl (C=O) groups excluding carboxylic acids is 1. The number of aromatic nitrogens is 1. The highest BCUT2D eigenvalue weighted by atomic mass is 16.4. The van der Waals surface area contributed by atoms with E-state index in [2.05, 4.69) is 11.4 Å². The summed E-state index contributed by atoms with van der Waals surface area (Å²) in [5.41, 5.74) is 2.00. The molecule has 2 N–H and O–H groups in total. The van der Waals surface area contributed by atoms with Gasteiger partial charge in [0.2, 0.25) is 5.88 Å². The van der Waals surface area contributed by atoms with E-state index in [0.29, 0.717) is 11.6 Å². The van der Waals surface area contributed by atoms with Crippen LogP contribution in [0.5, 0.6) is 0 Å². The van der Waals surface area contributed by atoms with Crippen molar-refractivity contribution in [3.8, 4) is 12.0 Å². The molecule has 1 aromatic carbocycles. The molecule has 0 radical (unpaired) electrons. The smallest absolute Gasteiger partial charge is 0.256 e. The summed E-state index contributed by atoms with van der Waals surface area (Å²) in [6.45, 7) is 1.81. The SMILES string of the molecule is Cc1oc(-n2cccc2)c(C#N)c1C(=O)NCc1ccccc1CO. The summed E-state index contributed by atoms with van der Waals surface area (Å²) < 4.78 is 7.29. The molecule has 0 fully saturated rings. The van der Waals surface area contributed by atoms with Crippen LogP contribution in [-0.4, -0.2) is 15.6 Å². The normalized spacial score (nSPS) is 10.4. The molecule has 126 valence electrons. The Bertz CT molecular complexity index is 933. The van der Waals surface area contributed by atoms with Crippen molar-refractivity contribution in [2.24, 2.45) is 0 Å². The first-order chi connectivity index (χ1) is 12.2. The van der Waals surface area contributed by atoms with E-state index >= 15 is 0 Å². The molecular formula is C19H17N3O3. The van der Waals surface area contributed by atoms with Crippen LogP contribution in [0.2, 0.25) is 0 Å². The summed E-state index contributed by atoms with van der Waals surface area (Å²) in [5, 5.41) is 21.6. The number of hydrogen-bond donors (Lipinski definition) is 2. The number of hydrogen-bond acceptors (Lipinski definition) is 4. The molecule has 0 saturated heterocycles. The molecule has 0 aliphatic rings. The first-order valence-electron chi connectivity index (χ1n) is 7.78. The Kier molecular flexibility index (Phi) is 4.68. The average Bonchev–Trinajstić information content (AvgIpc) is 3.27. The Morgan fingerprint density at radius 2 is 1.92 bits per heavy atom. The highest BCUT2D eigenvalue weighted by Crippen LogP contribution is 2.25. The van der Waals surface area contributed by atoms with Gasteiger partial charge in [-0.2, -0.15) is 5.26 Å². The van der Waals surface area contributed by atoms with Crippen LogP contribution in [0.25, 0.3) is 5.88 Å². The third-order valence-electron chi connectivity index (χ3n) is 3.97. The van der Waals surface area contributed by atoms with Gasteiger partial charge in [-0.05, 0) is 30.2 Å². The van der Waals surface area contributed by atoms with Crippen LogP contribution in [0.4, 0.5) is 0 Å². The number of nitriles is 1. The zero-order valence-electron chi connectivity index (χ0n) is 13.7. The van der Waals surface area contributed by atoms with Gasteiger partial charge in [-0.1, -0.05) is 24.3 Å². The molecule has 3 rings (SSSR count). The van der Waals surface area contributed by atoms with Crippen molar-refractivity contribution in [3.05, 3.63) is 76.8 Å². The van der Waals surface area contributed by atoms with Crippen molar-refractivity contribution >= 4 is 5.91 Å². The lowest BCUT2D eigenvalue weighted by atomic mass is 10.1. The second-order valence-electron chi connectivity index (χ2n) is 5.53. The van der Waals surface area contributed by atoms with Crippen molar-refractivity contribution in [3.63, 3.8) is 0 Å². The number of aryl methyl sites for hydroxylation is 1. The number of furan rings is 1. The maximum Gasteiger partial charge on any atom is 0.256 e. The second kappa shape index (κ2) is 7.07. The zero-order chi connectivity index (χ0) is 17.8. The molecule has 0 aliphatic heterocycles. The van der Waals surface area contributed by atoms with Crippen molar-refractivity contribution in [1.82, 2.24) is 9.88 Å². The Hall–Kier alpha value is -3.30. The Balaban J connectivity index is 1.87. The van der Waals surface area contributed by atoms with Crippen molar-refractivity contribution in [2.45, 2.75) is 20.1 Å². The number of aliphatic hydroxyl groups is 1. The average molecular weight is 335 g/mol. The minimum Gasteiger partial charge on any atom is -0.443 e. The predicted octanol–water partition coefficient (Wildman–Crippen LogP) is 2.67. The van der Waals surface area contributed by atoms with Gasteiger partial charge in [-0.15, -0.1) is 0 Å². The van der Waals surface area contributed by atoms with E-state index in [1.807, 2.05) is 30.3 Å². The van der Waals surface area contributed by atoms with E-state index in [0.717, 1.165) is 11.1 Å². The summed E-state index contributed by atoms with van der Waals surface area (Å²) in [7, 11) is 0. The van der Waals surface area contributed by atoms with Gasteiger partial charge < -0.3 is 14.8 Å². The topological polar surface area (TPSA) is 91.2 Å². The van der Waals surface area contributed by atoms with E-state index in [1.165, 1.54) is 0 Å². The fourth-order valence-electron chi connectivity index (χ4n) is 2.71. The third-order valence-corrected chi connectivity index (χ3v) is 3.97. The van der Waals surface area contributed by atoms with Gasteiger partial charge in [0.05, 0.1) is 6.61 Å². The van der Waals surface area contributed by atoms with E-state index in [1.54, 1.807) is 30.0 Å². The van der Waals surface area contributed by atoms with Gasteiger partial charge in [0.1, 0.15) is 23.0 Å². The molecule has 6 heteroatoms. The number of amides is 1. The maximum atomic E-state index is 12.6. The van der Waals surface area contributed by atoms with Gasteiger partial charge in [-0.3, -0.25) is 9.36 Å². The standard InChI is InChI=1S/C19H17N3O3/c1-13-17(16(10-20)19(25-13)22-8-4-5-9-22)18(24)21-11-14-6-2-3-7-15(14)12-23/h2-9,23H,11-12H2,1H3,(H,21,24). The molecule has 6 nitrogen and oxygen atoms in total. The van der Waals surface area contributed by atoms with Crippen LogP contribution in [0.15, 0.2) is 53.2 Å². The van der Waals surface area contributed by atoms with Gasteiger partial charge in [0, 0.05) is 18.9 Å². The van der Waals surface area contributed by atoms with Crippen molar-refractivity contribution < 1.29 is 14.3 Å². The fraction of sp³-hybridized carbons (Fsp3) is 0.158. The summed E-state index contributed by atoms with van der Waals surface area (Å²) >= 11 is 0. The van der Waals surface area contributed by atoms with E-state index in [4.69, 9.17) is 4.42 Å². The van der Waals surface area contributed by atoms with E-state index < -0.39 is 0 Å². The number of nitrogens with zero attached hydrogens (tertiary/aromatic N) is 2. The molecule has 0 saturated carbocycles. The highest BCUT2D eigenvalue weighted by Gasteiger charge is 2.24. The van der Waals surface area contributed by atoms with Crippen LogP contribution in [0.1, 0.15) is 32.8 Å². The zero-order valence-corrected chi connectivity index (χ0v) is 13.7. The van der Waals surface area contributed by atoms with Crippen molar-refractivity contribution in [1.29, 1.82) is 5.26 Å². The van der Waals surface area contributed by atoms with Crippen LogP contribution in [0.3, 0.4) is 0 Å². The molecule has 25 heavy (non-hydrogen) atoms. The predicted molar refractivity (Wildman–Crippen MR) is 91.0 cm³/mol. The molecule has 0 spiro atoms. The third kappa shape index (κ3) is 3.18. The fourth-order valence-corrected chi connectivity index (χ4v) is 2.71. The first-order valence-corrected chi connectivity index (χ1v) is 7.78.